The lowest BCUT2D eigenvalue weighted by Crippen LogP contribution is -2.75. The molecule has 2 aromatic rings. The first-order chi connectivity index (χ1) is 16.2. The van der Waals surface area contributed by atoms with Gasteiger partial charge in [-0.25, -0.2) is 4.39 Å². The Morgan fingerprint density at radius 3 is 2.65 bits per heavy atom. The van der Waals surface area contributed by atoms with Gasteiger partial charge in [-0.05, 0) is 55.0 Å². The maximum atomic E-state index is 13.5. The number of rotatable bonds is 8. The summed E-state index contributed by atoms with van der Waals surface area (Å²) in [6.45, 7) is -0.216. The van der Waals surface area contributed by atoms with Gasteiger partial charge in [-0.2, -0.15) is 0 Å². The number of hydrogen-bond acceptors (Lipinski definition) is 5. The molecule has 2 aromatic carbocycles. The molecule has 0 spiro atoms. The molecule has 0 saturated heterocycles. The molecule has 9 heteroatoms. The van der Waals surface area contributed by atoms with Crippen LogP contribution in [0.15, 0.2) is 36.4 Å². The summed E-state index contributed by atoms with van der Waals surface area (Å²) in [4.78, 5) is 25.4. The lowest BCUT2D eigenvalue weighted by molar-refractivity contribution is -0.176. The van der Waals surface area contributed by atoms with E-state index < -0.39 is 11.9 Å². The summed E-state index contributed by atoms with van der Waals surface area (Å²) in [5.41, 5.74) is 0.490. The second kappa shape index (κ2) is 8.70. The summed E-state index contributed by atoms with van der Waals surface area (Å²) >= 11 is 11.7. The zero-order valence-corrected chi connectivity index (χ0v) is 20.0. The first-order valence-corrected chi connectivity index (χ1v) is 11.9. The normalized spacial score (nSPS) is 28.6. The van der Waals surface area contributed by atoms with Gasteiger partial charge in [0.2, 0.25) is 0 Å². The molecule has 6 rings (SSSR count). The van der Waals surface area contributed by atoms with E-state index in [1.807, 2.05) is 6.07 Å². The van der Waals surface area contributed by atoms with E-state index in [4.69, 9.17) is 37.4 Å². The van der Waals surface area contributed by atoms with Gasteiger partial charge in [0.15, 0.2) is 18.5 Å². The van der Waals surface area contributed by atoms with Crippen molar-refractivity contribution in [2.45, 2.75) is 49.9 Å². The molecule has 4 aliphatic rings. The molecular formula is C25H24Cl2FNO5. The number of halogens is 3. The van der Waals surface area contributed by atoms with Crippen molar-refractivity contribution in [3.63, 3.8) is 0 Å². The van der Waals surface area contributed by atoms with Gasteiger partial charge in [0, 0.05) is 42.1 Å². The number of hydrogen-bond donors (Lipinski definition) is 1. The lowest BCUT2D eigenvalue weighted by atomic mass is 9.38. The largest absolute Gasteiger partial charge is 0.484 e. The Hall–Kier alpha value is -2.35. The number of fused-ring (bicyclic) bond motifs is 1. The average Bonchev–Trinajstić information content (AvgIpc) is 2.76. The summed E-state index contributed by atoms with van der Waals surface area (Å²) < 4.78 is 30.4. The van der Waals surface area contributed by atoms with Gasteiger partial charge in [-0.15, -0.1) is 0 Å². The van der Waals surface area contributed by atoms with Gasteiger partial charge in [0.1, 0.15) is 17.3 Å². The molecule has 1 aliphatic heterocycles. The highest BCUT2D eigenvalue weighted by molar-refractivity contribution is 6.31. The van der Waals surface area contributed by atoms with Gasteiger partial charge in [-0.3, -0.25) is 9.59 Å². The number of methoxy groups -OCH3 is 1. The van der Waals surface area contributed by atoms with Gasteiger partial charge in [-0.1, -0.05) is 23.2 Å². The summed E-state index contributed by atoms with van der Waals surface area (Å²) in [7, 11) is 1.61. The van der Waals surface area contributed by atoms with Crippen molar-refractivity contribution < 1.29 is 28.2 Å². The minimum absolute atomic E-state index is 0.00418. The minimum Gasteiger partial charge on any atom is -0.484 e. The van der Waals surface area contributed by atoms with Crippen LogP contribution in [0.4, 0.5) is 4.39 Å². The molecule has 34 heavy (non-hydrogen) atoms. The molecule has 2 bridgehead atoms. The van der Waals surface area contributed by atoms with Crippen molar-refractivity contribution in [1.82, 2.24) is 5.32 Å². The number of ketones is 1. The van der Waals surface area contributed by atoms with Crippen molar-refractivity contribution in [1.29, 1.82) is 0 Å². The Labute approximate surface area is 206 Å². The first-order valence-electron chi connectivity index (χ1n) is 11.1. The summed E-state index contributed by atoms with van der Waals surface area (Å²) in [5.74, 6) is 0.0426. The van der Waals surface area contributed by atoms with Crippen LogP contribution in [0.3, 0.4) is 0 Å². The maximum Gasteiger partial charge on any atom is 0.258 e. The van der Waals surface area contributed by atoms with E-state index in [0.29, 0.717) is 23.6 Å². The molecule has 0 unspecified atom stereocenters. The van der Waals surface area contributed by atoms with Crippen molar-refractivity contribution in [3.05, 3.63) is 57.8 Å². The van der Waals surface area contributed by atoms with Crippen molar-refractivity contribution in [2.24, 2.45) is 5.41 Å². The molecule has 3 fully saturated rings. The molecule has 0 radical (unpaired) electrons. The number of carbonyl (C=O) groups excluding carboxylic acids is 2. The molecule has 180 valence electrons. The van der Waals surface area contributed by atoms with E-state index >= 15 is 0 Å². The molecule has 0 aromatic heterocycles. The number of carbonyl (C=O) groups is 2. The molecule has 3 aliphatic carbocycles. The van der Waals surface area contributed by atoms with E-state index in [9.17, 15) is 14.0 Å². The van der Waals surface area contributed by atoms with Crippen LogP contribution in [-0.4, -0.2) is 37.0 Å². The fraction of sp³-hybridized carbons (Fsp3) is 0.440. The molecule has 6 nitrogen and oxygen atoms in total. The Bertz CT molecular complexity index is 1140. The molecule has 1 N–H and O–H groups in total. The zero-order valence-electron chi connectivity index (χ0n) is 18.5. The lowest BCUT2D eigenvalue weighted by Gasteiger charge is -2.70. The van der Waals surface area contributed by atoms with Crippen LogP contribution < -0.4 is 14.8 Å². The van der Waals surface area contributed by atoms with Gasteiger partial charge >= 0.3 is 0 Å². The monoisotopic (exact) mass is 507 g/mol. The third-order valence-electron chi connectivity index (χ3n) is 7.01. The van der Waals surface area contributed by atoms with E-state index in [0.717, 1.165) is 30.9 Å². The number of nitrogens with one attached hydrogen (secondary N) is 1. The predicted octanol–water partition coefficient (Wildman–Crippen LogP) is 5.05. The van der Waals surface area contributed by atoms with E-state index in [1.54, 1.807) is 19.2 Å². The van der Waals surface area contributed by atoms with Crippen LogP contribution >= 0.6 is 23.2 Å². The smallest absolute Gasteiger partial charge is 0.258 e. The van der Waals surface area contributed by atoms with E-state index in [-0.39, 0.29) is 46.1 Å². The number of amides is 1. The maximum absolute atomic E-state index is 13.5. The van der Waals surface area contributed by atoms with Crippen LogP contribution in [0.5, 0.6) is 11.5 Å². The Morgan fingerprint density at radius 2 is 1.94 bits per heavy atom. The molecule has 3 saturated carbocycles. The van der Waals surface area contributed by atoms with Gasteiger partial charge in [0.25, 0.3) is 5.91 Å². The molecule has 1 amide bonds. The quantitative estimate of drug-likeness (QED) is 0.541. The first kappa shape index (κ1) is 23.4. The van der Waals surface area contributed by atoms with Crippen LogP contribution in [0.2, 0.25) is 10.0 Å². The Morgan fingerprint density at radius 1 is 1.18 bits per heavy atom. The summed E-state index contributed by atoms with van der Waals surface area (Å²) in [6.07, 6.45) is 2.30. The van der Waals surface area contributed by atoms with Crippen molar-refractivity contribution in [2.75, 3.05) is 13.7 Å². The molecular weight excluding hydrogens is 484 g/mol. The van der Waals surface area contributed by atoms with Crippen molar-refractivity contribution in [3.8, 4) is 11.5 Å². The molecule has 2 atom stereocenters. The Kier molecular flexibility index (Phi) is 5.99. The predicted molar refractivity (Wildman–Crippen MR) is 124 cm³/mol. The fourth-order valence-electron chi connectivity index (χ4n) is 5.67. The van der Waals surface area contributed by atoms with Crippen LogP contribution in [0.1, 0.15) is 43.8 Å². The fourth-order valence-corrected chi connectivity index (χ4v) is 5.97. The van der Waals surface area contributed by atoms with Crippen LogP contribution in [0, 0.1) is 11.2 Å². The number of benzene rings is 2. The topological polar surface area (TPSA) is 73.9 Å². The zero-order chi connectivity index (χ0) is 24.1. The van der Waals surface area contributed by atoms with Gasteiger partial charge < -0.3 is 19.5 Å². The Balaban J connectivity index is 1.11. The molecule has 1 heterocycles. The van der Waals surface area contributed by atoms with E-state index in [1.165, 1.54) is 12.1 Å². The highest BCUT2D eigenvalue weighted by Gasteiger charge is 2.68. The van der Waals surface area contributed by atoms with Crippen molar-refractivity contribution >= 4 is 34.9 Å². The summed E-state index contributed by atoms with van der Waals surface area (Å²) in [5, 5.41) is 3.60. The highest BCUT2D eigenvalue weighted by Crippen LogP contribution is 2.69. The van der Waals surface area contributed by atoms with Crippen LogP contribution in [-0.2, 0) is 14.3 Å². The standard InChI is InChI=1S/C25H24Cl2FNO5/c1-32-21-8-22(34-20-5-2-14(26)6-16(20)21)19(30)9-24-11-25(12-24,13-24)29-23(31)10-33-15-3-4-17(27)18(28)7-15/h2-7,21-22H,8-13H2,1H3,(H,29,31)/t21-,22-,24?,25?/m1/s1. The third-order valence-corrected chi connectivity index (χ3v) is 7.56. The van der Waals surface area contributed by atoms with E-state index in [2.05, 4.69) is 5.32 Å². The second-order valence-corrected chi connectivity index (χ2v) is 10.5. The highest BCUT2D eigenvalue weighted by atomic mass is 35.5. The number of ether oxygens (including phenoxy) is 3. The SMILES string of the molecule is CO[C@@H]1C[C@H](C(=O)CC23CC(NC(=O)COc4ccc(Cl)c(F)c4)(C2)C3)Oc2ccc(Cl)cc21. The van der Waals surface area contributed by atoms with Gasteiger partial charge in [0.05, 0.1) is 11.1 Å². The average molecular weight is 508 g/mol. The number of Topliss-reactive ketones (excluding diaryl/α,β-unsaturated/α-hetero) is 1. The summed E-state index contributed by atoms with van der Waals surface area (Å²) in [6, 6.07) is 9.35. The third kappa shape index (κ3) is 4.37. The van der Waals surface area contributed by atoms with Crippen LogP contribution in [0.25, 0.3) is 0 Å². The minimum atomic E-state index is -0.600. The second-order valence-electron chi connectivity index (χ2n) is 9.62.